The Hall–Kier alpha value is -3.08. The third-order valence-electron chi connectivity index (χ3n) is 4.60. The first-order chi connectivity index (χ1) is 13.9. The van der Waals surface area contributed by atoms with E-state index in [0.29, 0.717) is 5.03 Å². The number of likely N-dealkylation sites (N-methyl/N-ethyl adjacent to an activating group) is 1. The molecule has 1 atom stereocenters. The summed E-state index contributed by atoms with van der Waals surface area (Å²) in [6, 6.07) is 17.4. The van der Waals surface area contributed by atoms with Crippen LogP contribution in [-0.4, -0.2) is 38.9 Å². The third kappa shape index (κ3) is 4.86. The average molecular weight is 408 g/mol. The number of anilines is 2. The lowest BCUT2D eigenvalue weighted by Gasteiger charge is -2.16. The van der Waals surface area contributed by atoms with Crippen LogP contribution in [0.1, 0.15) is 5.56 Å². The van der Waals surface area contributed by atoms with Gasteiger partial charge >= 0.3 is 0 Å². The molecule has 7 heteroatoms. The molecule has 3 rings (SSSR count). The molecular weight excluding hydrogens is 384 g/mol. The summed E-state index contributed by atoms with van der Waals surface area (Å²) in [5.41, 5.74) is 2.95. The van der Waals surface area contributed by atoms with Crippen LogP contribution in [0.5, 0.6) is 0 Å². The fraction of sp³-hybridized carbons (Fsp3) is 0.227. The first-order valence-electron chi connectivity index (χ1n) is 9.25. The van der Waals surface area contributed by atoms with Crippen LogP contribution in [0, 0.1) is 18.3 Å². The number of hydrogen-bond acceptors (Lipinski definition) is 5. The molecule has 0 saturated heterocycles. The number of benzene rings is 2. The summed E-state index contributed by atoms with van der Waals surface area (Å²) < 4.78 is 0. The summed E-state index contributed by atoms with van der Waals surface area (Å²) in [4.78, 5) is 28.6. The molecule has 0 bridgehead atoms. The molecule has 0 saturated carbocycles. The summed E-state index contributed by atoms with van der Waals surface area (Å²) >= 11 is 1.42. The van der Waals surface area contributed by atoms with Crippen LogP contribution in [0.3, 0.4) is 0 Å². The van der Waals surface area contributed by atoms with Gasteiger partial charge in [0.2, 0.25) is 5.78 Å². The second-order valence-electron chi connectivity index (χ2n) is 7.07. The van der Waals surface area contributed by atoms with Gasteiger partial charge in [0.05, 0.1) is 12.7 Å². The van der Waals surface area contributed by atoms with Crippen molar-refractivity contribution in [2.45, 2.75) is 11.8 Å². The van der Waals surface area contributed by atoms with E-state index in [1.54, 1.807) is 7.05 Å². The Kier molecular flexibility index (Phi) is 6.37. The van der Waals surface area contributed by atoms with Gasteiger partial charge in [0.15, 0.2) is 6.54 Å². The van der Waals surface area contributed by atoms with Crippen LogP contribution in [0.2, 0.25) is 0 Å². The van der Waals surface area contributed by atoms with Gasteiger partial charge in [-0.25, -0.2) is 0 Å². The monoisotopic (exact) mass is 407 g/mol. The van der Waals surface area contributed by atoms with Gasteiger partial charge in [-0.2, -0.15) is 5.26 Å². The van der Waals surface area contributed by atoms with E-state index >= 15 is 0 Å². The predicted octanol–water partition coefficient (Wildman–Crippen LogP) is 1.99. The molecule has 148 valence electrons. The molecule has 0 spiro atoms. The van der Waals surface area contributed by atoms with Crippen molar-refractivity contribution in [1.29, 1.82) is 5.26 Å². The number of carbonyl (C=O) groups is 2. The molecule has 1 unspecified atom stereocenters. The second-order valence-corrected chi connectivity index (χ2v) is 8.10. The molecule has 29 heavy (non-hydrogen) atoms. The molecular formula is C22H23N4O2S+. The molecule has 2 N–H and O–H groups in total. The number of fused-ring (bicyclic) bond motifs is 1. The highest BCUT2D eigenvalue weighted by Gasteiger charge is 2.29. The normalized spacial score (nSPS) is 15.3. The Morgan fingerprint density at radius 3 is 2.48 bits per heavy atom. The predicted molar refractivity (Wildman–Crippen MR) is 115 cm³/mol. The van der Waals surface area contributed by atoms with Crippen molar-refractivity contribution in [2.75, 3.05) is 37.4 Å². The maximum atomic E-state index is 12.8. The van der Waals surface area contributed by atoms with Crippen molar-refractivity contribution in [3.05, 3.63) is 64.7 Å². The second kappa shape index (κ2) is 8.95. The number of ketones is 1. The highest BCUT2D eigenvalue weighted by molar-refractivity contribution is 8.03. The molecule has 0 aliphatic carbocycles. The quantitative estimate of drug-likeness (QED) is 0.566. The number of thioether (sulfide) groups is 1. The van der Waals surface area contributed by atoms with Crippen molar-refractivity contribution in [2.24, 2.45) is 0 Å². The van der Waals surface area contributed by atoms with Crippen LogP contribution in [0.15, 0.2) is 64.0 Å². The topological polar surface area (TPSA) is 77.6 Å². The maximum absolute atomic E-state index is 12.8. The van der Waals surface area contributed by atoms with Gasteiger partial charge in [-0.05, 0) is 31.2 Å². The van der Waals surface area contributed by atoms with E-state index in [1.807, 2.05) is 67.4 Å². The van der Waals surface area contributed by atoms with Gasteiger partial charge in [0.1, 0.15) is 23.2 Å². The number of nitriles is 1. The maximum Gasteiger partial charge on any atom is 0.279 e. The van der Waals surface area contributed by atoms with E-state index in [-0.39, 0.29) is 30.4 Å². The summed E-state index contributed by atoms with van der Waals surface area (Å²) in [5, 5.41) is 13.1. The van der Waals surface area contributed by atoms with Gasteiger partial charge in [0, 0.05) is 17.6 Å². The van der Waals surface area contributed by atoms with Crippen LogP contribution in [0.25, 0.3) is 0 Å². The number of amides is 1. The van der Waals surface area contributed by atoms with E-state index in [4.69, 9.17) is 0 Å². The molecule has 0 aromatic heterocycles. The van der Waals surface area contributed by atoms with Crippen LogP contribution >= 0.6 is 11.8 Å². The zero-order valence-corrected chi connectivity index (χ0v) is 17.5. The Bertz CT molecular complexity index is 1010. The smallest absolute Gasteiger partial charge is 0.279 e. The van der Waals surface area contributed by atoms with Crippen molar-refractivity contribution >= 4 is 34.8 Å². The van der Waals surface area contributed by atoms with Gasteiger partial charge in [-0.15, -0.1) is 0 Å². The largest absolute Gasteiger partial charge is 0.337 e. The Balaban J connectivity index is 1.63. The van der Waals surface area contributed by atoms with E-state index in [1.165, 1.54) is 11.8 Å². The van der Waals surface area contributed by atoms with Gasteiger partial charge in [0.25, 0.3) is 5.91 Å². The SMILES string of the molecule is Cc1ccc(NC(=O)C[NH+](C)CC(=O)/C(C#N)=C2\Sc3ccccc3N2C)cc1. The summed E-state index contributed by atoms with van der Waals surface area (Å²) in [5.74, 6) is -0.444. The first-order valence-corrected chi connectivity index (χ1v) is 10.1. The van der Waals surface area contributed by atoms with E-state index < -0.39 is 0 Å². The van der Waals surface area contributed by atoms with Gasteiger partial charge < -0.3 is 15.1 Å². The Morgan fingerprint density at radius 2 is 1.83 bits per heavy atom. The molecule has 2 aromatic carbocycles. The lowest BCUT2D eigenvalue weighted by molar-refractivity contribution is -0.862. The number of nitrogens with one attached hydrogen (secondary N) is 2. The van der Waals surface area contributed by atoms with Gasteiger partial charge in [-0.1, -0.05) is 41.6 Å². The number of aryl methyl sites for hydroxylation is 1. The lowest BCUT2D eigenvalue weighted by atomic mass is 10.2. The molecule has 1 amide bonds. The van der Waals surface area contributed by atoms with Crippen LogP contribution < -0.4 is 15.1 Å². The summed E-state index contributed by atoms with van der Waals surface area (Å²) in [6.45, 7) is 2.18. The molecule has 0 fully saturated rings. The highest BCUT2D eigenvalue weighted by atomic mass is 32.2. The Labute approximate surface area is 174 Å². The number of quaternary nitrogens is 1. The fourth-order valence-corrected chi connectivity index (χ4v) is 4.25. The van der Waals surface area contributed by atoms with E-state index in [9.17, 15) is 14.9 Å². The van der Waals surface area contributed by atoms with Gasteiger partial charge in [-0.3, -0.25) is 9.59 Å². The molecule has 6 nitrogen and oxygen atoms in total. The van der Waals surface area contributed by atoms with E-state index in [0.717, 1.165) is 26.7 Å². The van der Waals surface area contributed by atoms with Crippen molar-refractivity contribution in [3.8, 4) is 6.07 Å². The number of Topliss-reactive ketones (excluding diaryl/α,β-unsaturated/α-hetero) is 1. The summed E-state index contributed by atoms with van der Waals surface area (Å²) in [6.07, 6.45) is 0. The van der Waals surface area contributed by atoms with Crippen molar-refractivity contribution in [3.63, 3.8) is 0 Å². The van der Waals surface area contributed by atoms with Crippen molar-refractivity contribution < 1.29 is 14.5 Å². The number of carbonyl (C=O) groups excluding carboxylic acids is 2. The summed E-state index contributed by atoms with van der Waals surface area (Å²) in [7, 11) is 3.62. The number of nitrogens with zero attached hydrogens (tertiary/aromatic N) is 2. The third-order valence-corrected chi connectivity index (χ3v) is 5.84. The standard InChI is InChI=1S/C22H22N4O2S/c1-15-8-10-16(11-9-15)24-21(28)14-25(2)13-19(27)17(12-23)22-26(3)18-6-4-5-7-20(18)29-22/h4-11H,13-14H2,1-3H3,(H,24,28)/p+1/b22-17-. The van der Waals surface area contributed by atoms with Crippen molar-refractivity contribution in [1.82, 2.24) is 0 Å². The fourth-order valence-electron chi connectivity index (χ4n) is 3.09. The minimum atomic E-state index is -0.268. The van der Waals surface area contributed by atoms with Crippen LogP contribution in [0.4, 0.5) is 11.4 Å². The molecule has 1 heterocycles. The zero-order chi connectivity index (χ0) is 21.0. The first kappa shape index (κ1) is 20.6. The molecule has 1 aliphatic rings. The number of para-hydroxylation sites is 1. The van der Waals surface area contributed by atoms with E-state index in [2.05, 4.69) is 11.4 Å². The Morgan fingerprint density at radius 1 is 1.14 bits per heavy atom. The minimum absolute atomic E-state index is 0.0679. The number of hydrogen-bond donors (Lipinski definition) is 2. The molecule has 0 radical (unpaired) electrons. The highest BCUT2D eigenvalue weighted by Crippen LogP contribution is 2.45. The molecule has 1 aliphatic heterocycles. The molecule has 2 aromatic rings. The lowest BCUT2D eigenvalue weighted by Crippen LogP contribution is -3.11. The zero-order valence-electron chi connectivity index (χ0n) is 16.7. The average Bonchev–Trinajstić information content (AvgIpc) is 3.01. The van der Waals surface area contributed by atoms with Crippen LogP contribution in [-0.2, 0) is 9.59 Å². The number of rotatable bonds is 6. The minimum Gasteiger partial charge on any atom is -0.337 e.